The Morgan fingerprint density at radius 3 is 3.24 bits per heavy atom. The van der Waals surface area contributed by atoms with E-state index in [1.54, 1.807) is 18.1 Å². The van der Waals surface area contributed by atoms with Gasteiger partial charge in [0.1, 0.15) is 5.75 Å². The highest BCUT2D eigenvalue weighted by molar-refractivity contribution is 5.96. The number of rotatable bonds is 3. The Morgan fingerprint density at radius 2 is 2.53 bits per heavy atom. The average molecular weight is 236 g/mol. The first-order valence-electron chi connectivity index (χ1n) is 5.63. The topological polar surface area (TPSA) is 62.7 Å². The molecular formula is C12H16N2O3. The van der Waals surface area contributed by atoms with Gasteiger partial charge in [-0.15, -0.1) is 0 Å². The van der Waals surface area contributed by atoms with Crippen molar-refractivity contribution in [2.75, 3.05) is 26.8 Å². The Morgan fingerprint density at radius 1 is 1.71 bits per heavy atom. The number of hydrogen-bond acceptors (Lipinski definition) is 4. The number of methoxy groups -OCH3 is 1. The molecule has 92 valence electrons. The summed E-state index contributed by atoms with van der Waals surface area (Å²) in [5.41, 5.74) is 0.318. The van der Waals surface area contributed by atoms with E-state index in [1.807, 2.05) is 0 Å². The second-order valence-electron chi connectivity index (χ2n) is 4.25. The van der Waals surface area contributed by atoms with Gasteiger partial charge in [-0.2, -0.15) is 0 Å². The van der Waals surface area contributed by atoms with Crippen LogP contribution in [0.4, 0.5) is 0 Å². The standard InChI is InChI=1S/C12H16N2O3/c1-17-8-9-3-5-14(7-9)12(16)10-2-4-13-6-11(10)15/h2,4,6,9,15H,3,5,7-8H2,1H3. The molecule has 5 nitrogen and oxygen atoms in total. The summed E-state index contributed by atoms with van der Waals surface area (Å²) in [5.74, 6) is 0.198. The van der Waals surface area contributed by atoms with Crippen LogP contribution in [-0.2, 0) is 4.74 Å². The highest BCUT2D eigenvalue weighted by Gasteiger charge is 2.27. The van der Waals surface area contributed by atoms with Gasteiger partial charge in [-0.3, -0.25) is 9.78 Å². The highest BCUT2D eigenvalue weighted by Crippen LogP contribution is 2.22. The van der Waals surface area contributed by atoms with Crippen LogP contribution in [0.25, 0.3) is 0 Å². The number of aromatic hydroxyl groups is 1. The largest absolute Gasteiger partial charge is 0.505 e. The molecule has 1 aromatic heterocycles. The van der Waals surface area contributed by atoms with Gasteiger partial charge < -0.3 is 14.7 Å². The van der Waals surface area contributed by atoms with E-state index in [9.17, 15) is 9.90 Å². The fraction of sp³-hybridized carbons (Fsp3) is 0.500. The second kappa shape index (κ2) is 5.14. The first-order valence-corrected chi connectivity index (χ1v) is 5.63. The van der Waals surface area contributed by atoms with Gasteiger partial charge >= 0.3 is 0 Å². The van der Waals surface area contributed by atoms with Crippen molar-refractivity contribution in [3.63, 3.8) is 0 Å². The molecule has 0 bridgehead atoms. The third-order valence-electron chi connectivity index (χ3n) is 3.01. The lowest BCUT2D eigenvalue weighted by Gasteiger charge is -2.16. The maximum atomic E-state index is 12.1. The predicted octanol–water partition coefficient (Wildman–Crippen LogP) is 0.896. The van der Waals surface area contributed by atoms with Crippen LogP contribution in [-0.4, -0.2) is 47.7 Å². The molecule has 0 saturated carbocycles. The molecule has 0 aliphatic carbocycles. The van der Waals surface area contributed by atoms with E-state index in [1.165, 1.54) is 12.4 Å². The molecule has 0 aromatic carbocycles. The van der Waals surface area contributed by atoms with Crippen LogP contribution in [0.15, 0.2) is 18.5 Å². The molecule has 1 aromatic rings. The fourth-order valence-corrected chi connectivity index (χ4v) is 2.13. The van der Waals surface area contributed by atoms with Crippen LogP contribution in [0.2, 0.25) is 0 Å². The minimum Gasteiger partial charge on any atom is -0.505 e. The van der Waals surface area contributed by atoms with Gasteiger partial charge in [0.05, 0.1) is 18.4 Å². The van der Waals surface area contributed by atoms with Gasteiger partial charge in [-0.25, -0.2) is 0 Å². The number of likely N-dealkylation sites (tertiary alicyclic amines) is 1. The molecule has 1 unspecified atom stereocenters. The first-order chi connectivity index (χ1) is 8.22. The normalized spacial score (nSPS) is 19.6. The summed E-state index contributed by atoms with van der Waals surface area (Å²) >= 11 is 0. The van der Waals surface area contributed by atoms with Gasteiger partial charge in [0.15, 0.2) is 0 Å². The summed E-state index contributed by atoms with van der Waals surface area (Å²) in [6.45, 7) is 2.08. The summed E-state index contributed by atoms with van der Waals surface area (Å²) in [4.78, 5) is 17.6. The average Bonchev–Trinajstić information content (AvgIpc) is 2.78. The third kappa shape index (κ3) is 2.55. The Kier molecular flexibility index (Phi) is 3.58. The number of carbonyl (C=O) groups excluding carboxylic acids is 1. The summed E-state index contributed by atoms with van der Waals surface area (Å²) in [7, 11) is 1.67. The molecule has 1 amide bonds. The molecule has 2 heterocycles. The number of hydrogen-bond donors (Lipinski definition) is 1. The Bertz CT molecular complexity index is 408. The van der Waals surface area contributed by atoms with Gasteiger partial charge in [0.25, 0.3) is 5.91 Å². The van der Waals surface area contributed by atoms with Crippen molar-refractivity contribution >= 4 is 5.91 Å². The zero-order valence-corrected chi connectivity index (χ0v) is 9.80. The summed E-state index contributed by atoms with van der Waals surface area (Å²) in [6, 6.07) is 1.54. The van der Waals surface area contributed by atoms with Crippen molar-refractivity contribution in [3.05, 3.63) is 24.0 Å². The van der Waals surface area contributed by atoms with Crippen LogP contribution in [0.3, 0.4) is 0 Å². The van der Waals surface area contributed by atoms with E-state index in [2.05, 4.69) is 4.98 Å². The molecule has 1 aliphatic heterocycles. The molecule has 17 heavy (non-hydrogen) atoms. The SMILES string of the molecule is COCC1CCN(C(=O)c2ccncc2O)C1. The third-order valence-corrected chi connectivity index (χ3v) is 3.01. The number of ether oxygens (including phenoxy) is 1. The molecule has 1 N–H and O–H groups in total. The second-order valence-corrected chi connectivity index (χ2v) is 4.25. The van der Waals surface area contributed by atoms with E-state index in [4.69, 9.17) is 4.74 Å². The molecular weight excluding hydrogens is 220 g/mol. The van der Waals surface area contributed by atoms with E-state index in [0.29, 0.717) is 31.2 Å². The Hall–Kier alpha value is -1.62. The quantitative estimate of drug-likeness (QED) is 0.846. The molecule has 5 heteroatoms. The van der Waals surface area contributed by atoms with Crippen molar-refractivity contribution in [1.29, 1.82) is 0 Å². The van der Waals surface area contributed by atoms with Crippen LogP contribution in [0.1, 0.15) is 16.8 Å². The summed E-state index contributed by atoms with van der Waals surface area (Å²) in [5, 5.41) is 9.58. The molecule has 1 saturated heterocycles. The van der Waals surface area contributed by atoms with Gasteiger partial charge in [-0.05, 0) is 12.5 Å². The zero-order chi connectivity index (χ0) is 12.3. The van der Waals surface area contributed by atoms with Crippen molar-refractivity contribution in [2.24, 2.45) is 5.92 Å². The van der Waals surface area contributed by atoms with Crippen molar-refractivity contribution in [3.8, 4) is 5.75 Å². The van der Waals surface area contributed by atoms with E-state index in [-0.39, 0.29) is 11.7 Å². The lowest BCUT2D eigenvalue weighted by molar-refractivity contribution is 0.0772. The van der Waals surface area contributed by atoms with Gasteiger partial charge in [-0.1, -0.05) is 0 Å². The minimum absolute atomic E-state index is 0.0623. The molecule has 0 spiro atoms. The highest BCUT2D eigenvalue weighted by atomic mass is 16.5. The molecule has 1 fully saturated rings. The maximum Gasteiger partial charge on any atom is 0.257 e. The van der Waals surface area contributed by atoms with Gasteiger partial charge in [0.2, 0.25) is 0 Å². The maximum absolute atomic E-state index is 12.1. The summed E-state index contributed by atoms with van der Waals surface area (Å²) < 4.78 is 5.09. The van der Waals surface area contributed by atoms with Crippen LogP contribution in [0.5, 0.6) is 5.75 Å². The molecule has 1 aliphatic rings. The number of carbonyl (C=O) groups is 1. The van der Waals surface area contributed by atoms with Crippen LogP contribution >= 0.6 is 0 Å². The predicted molar refractivity (Wildman–Crippen MR) is 61.8 cm³/mol. The number of aromatic nitrogens is 1. The minimum atomic E-state index is -0.136. The van der Waals surface area contributed by atoms with Crippen molar-refractivity contribution in [2.45, 2.75) is 6.42 Å². The Labute approximate surface area is 100 Å². The lowest BCUT2D eigenvalue weighted by Crippen LogP contribution is -2.29. The molecule has 1 atom stereocenters. The monoisotopic (exact) mass is 236 g/mol. The van der Waals surface area contributed by atoms with Crippen LogP contribution < -0.4 is 0 Å². The number of amides is 1. The summed E-state index contributed by atoms with van der Waals surface area (Å²) in [6.07, 6.45) is 3.75. The van der Waals surface area contributed by atoms with E-state index >= 15 is 0 Å². The lowest BCUT2D eigenvalue weighted by atomic mass is 10.1. The van der Waals surface area contributed by atoms with Gasteiger partial charge in [0, 0.05) is 32.3 Å². The Balaban J connectivity index is 2.05. The van der Waals surface area contributed by atoms with E-state index in [0.717, 1.165) is 6.42 Å². The number of nitrogens with zero attached hydrogens (tertiary/aromatic N) is 2. The van der Waals surface area contributed by atoms with Crippen LogP contribution in [0, 0.1) is 5.92 Å². The number of pyridine rings is 1. The van der Waals surface area contributed by atoms with Crippen molar-refractivity contribution < 1.29 is 14.6 Å². The molecule has 2 rings (SSSR count). The van der Waals surface area contributed by atoms with Crippen molar-refractivity contribution in [1.82, 2.24) is 9.88 Å². The molecule has 0 radical (unpaired) electrons. The fourth-order valence-electron chi connectivity index (χ4n) is 2.13. The zero-order valence-electron chi connectivity index (χ0n) is 9.80. The first kappa shape index (κ1) is 11.9. The van der Waals surface area contributed by atoms with E-state index < -0.39 is 0 Å². The smallest absolute Gasteiger partial charge is 0.257 e.